The van der Waals surface area contributed by atoms with Crippen molar-refractivity contribution in [1.82, 2.24) is 14.8 Å². The second kappa shape index (κ2) is 10.5. The molecule has 0 unspecified atom stereocenters. The number of nitrogens with two attached hydrogens (primary N) is 2. The molecule has 1 aromatic heterocycles. The van der Waals surface area contributed by atoms with Crippen LogP contribution in [0.5, 0.6) is 5.75 Å². The molecule has 3 aromatic carbocycles. The van der Waals surface area contributed by atoms with Gasteiger partial charge in [0.2, 0.25) is 5.84 Å². The number of nitrogens with zero attached hydrogens (tertiary/aromatic N) is 4. The Hall–Kier alpha value is -4.02. The summed E-state index contributed by atoms with van der Waals surface area (Å²) < 4.78 is 38.3. The average molecular weight is 509 g/mol. The van der Waals surface area contributed by atoms with Crippen LogP contribution in [-0.4, -0.2) is 32.8 Å². The molecule has 0 aliphatic carbocycles. The van der Waals surface area contributed by atoms with E-state index >= 15 is 8.78 Å². The summed E-state index contributed by atoms with van der Waals surface area (Å²) in [6, 6.07) is 16.9. The summed E-state index contributed by atoms with van der Waals surface area (Å²) >= 11 is 0. The lowest BCUT2D eigenvalue weighted by atomic mass is 10.0. The fourth-order valence-corrected chi connectivity index (χ4v) is 4.41. The lowest BCUT2D eigenvalue weighted by Crippen LogP contribution is -2.46. The predicted molar refractivity (Wildman–Crippen MR) is 139 cm³/mol. The summed E-state index contributed by atoms with van der Waals surface area (Å²) in [6.45, 7) is 3.92. The quantitative estimate of drug-likeness (QED) is 0.144. The van der Waals surface area contributed by atoms with E-state index in [0.29, 0.717) is 29.1 Å². The lowest BCUT2D eigenvalue weighted by Gasteiger charge is -2.26. The first-order chi connectivity index (χ1) is 17.7. The summed E-state index contributed by atoms with van der Waals surface area (Å²) in [5.74, 6) is 7.73. The standard InChI is InChI=1S/C27H30F2N6O2/c1-17-5-4-6-20(16-36)24(17)15-35-25-13-21(9-12-23(25)18(2)33-35)27(28,29)26(32-30)34(31)14-19-7-10-22(37-3)11-8-19/h4-13,36H,14-16,30-31H2,1-3H3/b32-26-. The lowest BCUT2D eigenvalue weighted by molar-refractivity contribution is 0.0584. The first kappa shape index (κ1) is 26.1. The number of rotatable bonds is 8. The van der Waals surface area contributed by atoms with E-state index in [-0.39, 0.29) is 18.7 Å². The number of aromatic nitrogens is 2. The number of aryl methyl sites for hydroxylation is 2. The molecule has 0 radical (unpaired) electrons. The average Bonchev–Trinajstić information content (AvgIpc) is 3.20. The third-order valence-corrected chi connectivity index (χ3v) is 6.47. The van der Waals surface area contributed by atoms with E-state index < -0.39 is 11.8 Å². The molecular formula is C27H30F2N6O2. The Morgan fingerprint density at radius 2 is 1.86 bits per heavy atom. The third kappa shape index (κ3) is 5.11. The van der Waals surface area contributed by atoms with Crippen molar-refractivity contribution in [3.63, 3.8) is 0 Å². The van der Waals surface area contributed by atoms with Crippen molar-refractivity contribution in [2.75, 3.05) is 7.11 Å². The van der Waals surface area contributed by atoms with Crippen molar-refractivity contribution in [3.05, 3.63) is 94.2 Å². The van der Waals surface area contributed by atoms with Gasteiger partial charge in [-0.2, -0.15) is 19.0 Å². The number of alkyl halides is 2. The van der Waals surface area contributed by atoms with E-state index in [0.717, 1.165) is 27.1 Å². The first-order valence-electron chi connectivity index (χ1n) is 11.7. The number of aliphatic hydroxyl groups is 1. The van der Waals surface area contributed by atoms with Crippen molar-refractivity contribution in [1.29, 1.82) is 0 Å². The van der Waals surface area contributed by atoms with Gasteiger partial charge in [0.05, 0.1) is 38.0 Å². The molecule has 0 aliphatic rings. The Labute approximate surface area is 213 Å². The summed E-state index contributed by atoms with van der Waals surface area (Å²) in [5.41, 5.74) is 4.23. The van der Waals surface area contributed by atoms with Gasteiger partial charge in [0, 0.05) is 10.9 Å². The molecule has 0 aliphatic heterocycles. The Balaban J connectivity index is 1.68. The smallest absolute Gasteiger partial charge is 0.332 e. The zero-order chi connectivity index (χ0) is 26.7. The number of methoxy groups -OCH3 is 1. The van der Waals surface area contributed by atoms with Crippen LogP contribution in [0.2, 0.25) is 0 Å². The van der Waals surface area contributed by atoms with E-state index in [2.05, 4.69) is 10.2 Å². The van der Waals surface area contributed by atoms with Gasteiger partial charge < -0.3 is 15.7 Å². The van der Waals surface area contributed by atoms with Gasteiger partial charge in [-0.05, 0) is 54.3 Å². The highest BCUT2D eigenvalue weighted by molar-refractivity contribution is 5.91. The second-order valence-corrected chi connectivity index (χ2v) is 8.85. The molecule has 194 valence electrons. The number of amidine groups is 1. The summed E-state index contributed by atoms with van der Waals surface area (Å²) in [7, 11) is 1.54. The maximum Gasteiger partial charge on any atom is 0.332 e. The largest absolute Gasteiger partial charge is 0.497 e. The topological polar surface area (TPSA) is 115 Å². The number of hydrazine groups is 1. The fourth-order valence-electron chi connectivity index (χ4n) is 4.41. The van der Waals surface area contributed by atoms with E-state index in [1.54, 1.807) is 42.1 Å². The molecule has 4 aromatic rings. The van der Waals surface area contributed by atoms with Gasteiger partial charge >= 0.3 is 5.92 Å². The molecule has 0 bridgehead atoms. The van der Waals surface area contributed by atoms with Gasteiger partial charge in [-0.25, -0.2) is 5.84 Å². The number of ether oxygens (including phenoxy) is 1. The van der Waals surface area contributed by atoms with E-state index in [9.17, 15) is 5.11 Å². The van der Waals surface area contributed by atoms with Gasteiger partial charge in [0.15, 0.2) is 0 Å². The van der Waals surface area contributed by atoms with Crippen LogP contribution in [0.1, 0.15) is 33.5 Å². The minimum atomic E-state index is -3.58. The normalized spacial score (nSPS) is 12.2. The molecule has 0 fully saturated rings. The fraction of sp³-hybridized carbons (Fsp3) is 0.259. The highest BCUT2D eigenvalue weighted by Gasteiger charge is 2.42. The number of hydrazone groups is 1. The number of benzene rings is 3. The van der Waals surface area contributed by atoms with E-state index in [4.69, 9.17) is 16.4 Å². The van der Waals surface area contributed by atoms with Crippen molar-refractivity contribution in [2.45, 2.75) is 39.5 Å². The molecule has 0 spiro atoms. The number of hydrogen-bond acceptors (Lipinski definition) is 6. The molecule has 10 heteroatoms. The highest BCUT2D eigenvalue weighted by atomic mass is 19.3. The molecule has 0 amide bonds. The van der Waals surface area contributed by atoms with Crippen LogP contribution in [0, 0.1) is 13.8 Å². The Kier molecular flexibility index (Phi) is 7.42. The van der Waals surface area contributed by atoms with Crippen LogP contribution in [0.15, 0.2) is 65.8 Å². The van der Waals surface area contributed by atoms with Crippen molar-refractivity contribution < 1.29 is 18.6 Å². The highest BCUT2D eigenvalue weighted by Crippen LogP contribution is 2.34. The van der Waals surface area contributed by atoms with E-state index in [1.165, 1.54) is 12.1 Å². The Morgan fingerprint density at radius 3 is 2.51 bits per heavy atom. The van der Waals surface area contributed by atoms with Crippen molar-refractivity contribution in [2.24, 2.45) is 16.8 Å². The van der Waals surface area contributed by atoms with E-state index in [1.807, 2.05) is 32.0 Å². The maximum atomic E-state index is 15.8. The van der Waals surface area contributed by atoms with Gasteiger partial charge in [-0.1, -0.05) is 42.5 Å². The number of fused-ring (bicyclic) bond motifs is 1. The third-order valence-electron chi connectivity index (χ3n) is 6.47. The van der Waals surface area contributed by atoms with Gasteiger partial charge in [-0.3, -0.25) is 9.69 Å². The molecule has 4 rings (SSSR count). The summed E-state index contributed by atoms with van der Waals surface area (Å²) in [6.07, 6.45) is 0. The van der Waals surface area contributed by atoms with Crippen molar-refractivity contribution >= 4 is 16.7 Å². The molecule has 8 nitrogen and oxygen atoms in total. The minimum Gasteiger partial charge on any atom is -0.497 e. The molecule has 5 N–H and O–H groups in total. The molecule has 1 heterocycles. The predicted octanol–water partition coefficient (Wildman–Crippen LogP) is 3.94. The van der Waals surface area contributed by atoms with Crippen molar-refractivity contribution in [3.8, 4) is 5.75 Å². The zero-order valence-corrected chi connectivity index (χ0v) is 20.9. The van der Waals surface area contributed by atoms with Crippen LogP contribution < -0.4 is 16.4 Å². The van der Waals surface area contributed by atoms with Gasteiger partial charge in [0.25, 0.3) is 0 Å². The monoisotopic (exact) mass is 508 g/mol. The number of halogens is 2. The maximum absolute atomic E-state index is 15.8. The van der Waals surface area contributed by atoms with Crippen LogP contribution in [-0.2, 0) is 25.6 Å². The zero-order valence-electron chi connectivity index (χ0n) is 20.9. The first-order valence-corrected chi connectivity index (χ1v) is 11.7. The Morgan fingerprint density at radius 1 is 1.14 bits per heavy atom. The van der Waals surface area contributed by atoms with Crippen LogP contribution in [0.3, 0.4) is 0 Å². The van der Waals surface area contributed by atoms with Crippen LogP contribution in [0.4, 0.5) is 8.78 Å². The van der Waals surface area contributed by atoms with Crippen LogP contribution >= 0.6 is 0 Å². The molecule has 0 saturated heterocycles. The Bertz CT molecular complexity index is 1430. The van der Waals surface area contributed by atoms with Crippen LogP contribution in [0.25, 0.3) is 10.9 Å². The molecular weight excluding hydrogens is 478 g/mol. The molecule has 0 atom stereocenters. The number of aliphatic hydroxyl groups excluding tert-OH is 1. The molecule has 0 saturated carbocycles. The van der Waals surface area contributed by atoms with Gasteiger partial charge in [0.1, 0.15) is 5.75 Å². The summed E-state index contributed by atoms with van der Waals surface area (Å²) in [4.78, 5) is 0. The minimum absolute atomic E-state index is 0.0356. The van der Waals surface area contributed by atoms with Gasteiger partial charge in [-0.15, -0.1) is 0 Å². The SMILES string of the molecule is COc1ccc(CN(N)/C(=N\N)C(F)(F)c2ccc3c(C)nn(Cc4c(C)cccc4CO)c3c2)cc1. The second-order valence-electron chi connectivity index (χ2n) is 8.85. The number of hydrogen-bond donors (Lipinski definition) is 3. The summed E-state index contributed by atoms with van der Waals surface area (Å²) in [5, 5.41) is 19.3. The molecule has 37 heavy (non-hydrogen) atoms.